The van der Waals surface area contributed by atoms with E-state index in [1.165, 1.54) is 6.42 Å². The summed E-state index contributed by atoms with van der Waals surface area (Å²) in [5, 5.41) is 0.150. The molecular formula is C27H37N3O4S. The van der Waals surface area contributed by atoms with Gasteiger partial charge in [-0.05, 0) is 51.0 Å². The number of nitrogens with zero attached hydrogens (tertiary/aromatic N) is 3. The third kappa shape index (κ3) is 5.80. The number of hydrogen-bond acceptors (Lipinski definition) is 5. The van der Waals surface area contributed by atoms with Crippen LogP contribution in [-0.2, 0) is 31.7 Å². The summed E-state index contributed by atoms with van der Waals surface area (Å²) < 4.78 is 35.1. The van der Waals surface area contributed by atoms with Gasteiger partial charge in [0.05, 0.1) is 30.3 Å². The molecule has 1 saturated heterocycles. The summed E-state index contributed by atoms with van der Waals surface area (Å²) in [6, 6.07) is 7.74. The maximum absolute atomic E-state index is 13.6. The van der Waals surface area contributed by atoms with E-state index in [9.17, 15) is 13.2 Å². The van der Waals surface area contributed by atoms with Crippen LogP contribution in [0.25, 0.3) is 0 Å². The molecule has 3 aliphatic rings. The molecule has 2 saturated carbocycles. The number of sulfone groups is 1. The molecule has 0 unspecified atom stereocenters. The van der Waals surface area contributed by atoms with Crippen LogP contribution in [-0.4, -0.2) is 48.0 Å². The van der Waals surface area contributed by atoms with Crippen molar-refractivity contribution in [3.8, 4) is 0 Å². The van der Waals surface area contributed by atoms with Crippen LogP contribution in [0.1, 0.15) is 80.7 Å². The molecule has 190 valence electrons. The molecule has 1 amide bonds. The van der Waals surface area contributed by atoms with Gasteiger partial charge < -0.3 is 14.2 Å². The molecule has 2 heterocycles. The number of hydrogen-bond donors (Lipinski definition) is 0. The summed E-state index contributed by atoms with van der Waals surface area (Å²) in [5.74, 6) is 0.200. The lowest BCUT2D eigenvalue weighted by Gasteiger charge is -2.30. The zero-order valence-electron chi connectivity index (χ0n) is 20.7. The molecule has 0 N–H and O–H groups in total. The molecule has 2 aliphatic carbocycles. The third-order valence-corrected chi connectivity index (χ3v) is 9.11. The Balaban J connectivity index is 1.46. The Morgan fingerprint density at radius 2 is 1.91 bits per heavy atom. The minimum atomic E-state index is -3.65. The van der Waals surface area contributed by atoms with Crippen LogP contribution >= 0.6 is 0 Å². The first-order valence-electron chi connectivity index (χ1n) is 13.2. The van der Waals surface area contributed by atoms with E-state index in [1.807, 2.05) is 40.7 Å². The van der Waals surface area contributed by atoms with Crippen molar-refractivity contribution in [1.29, 1.82) is 0 Å². The zero-order valence-corrected chi connectivity index (χ0v) is 21.5. The highest BCUT2D eigenvalue weighted by atomic mass is 32.2. The number of aromatic nitrogens is 2. The molecule has 1 aromatic carbocycles. The number of amides is 1. The molecule has 1 aromatic heterocycles. The van der Waals surface area contributed by atoms with Gasteiger partial charge in [-0.1, -0.05) is 49.1 Å². The highest BCUT2D eigenvalue weighted by Crippen LogP contribution is 2.35. The number of imidazole rings is 1. The Morgan fingerprint density at radius 3 is 2.60 bits per heavy atom. The lowest BCUT2D eigenvalue weighted by atomic mass is 9.95. The third-order valence-electron chi connectivity index (χ3n) is 7.54. The largest absolute Gasteiger partial charge is 0.376 e. The predicted molar refractivity (Wildman–Crippen MR) is 134 cm³/mol. The van der Waals surface area contributed by atoms with E-state index in [-0.39, 0.29) is 34.9 Å². The minimum Gasteiger partial charge on any atom is -0.376 e. The Kier molecular flexibility index (Phi) is 7.30. The SMILES string of the molecule is Cc1cccc(CS(=O)(=O)c2ncc(CN(C[C@H]3CCCO3)C(=O)C3CC3)n2C2CCCCC2)c1. The molecule has 0 spiro atoms. The first kappa shape index (κ1) is 24.5. The molecule has 1 atom stereocenters. The maximum atomic E-state index is 13.6. The molecule has 0 radical (unpaired) electrons. The second kappa shape index (κ2) is 10.4. The van der Waals surface area contributed by atoms with Crippen LogP contribution in [0.15, 0.2) is 35.6 Å². The van der Waals surface area contributed by atoms with Gasteiger partial charge in [0.15, 0.2) is 0 Å². The van der Waals surface area contributed by atoms with Crippen molar-refractivity contribution in [2.45, 2.75) is 94.3 Å². The highest BCUT2D eigenvalue weighted by Gasteiger charge is 2.36. The van der Waals surface area contributed by atoms with Gasteiger partial charge in [-0.25, -0.2) is 13.4 Å². The summed E-state index contributed by atoms with van der Waals surface area (Å²) in [6.07, 6.45) is 10.9. The summed E-state index contributed by atoms with van der Waals surface area (Å²) in [7, 11) is -3.65. The Morgan fingerprint density at radius 1 is 1.11 bits per heavy atom. The van der Waals surface area contributed by atoms with Crippen molar-refractivity contribution >= 4 is 15.7 Å². The summed E-state index contributed by atoms with van der Waals surface area (Å²) in [6.45, 7) is 3.67. The Labute approximate surface area is 208 Å². The van der Waals surface area contributed by atoms with Crippen molar-refractivity contribution in [3.63, 3.8) is 0 Å². The van der Waals surface area contributed by atoms with E-state index < -0.39 is 9.84 Å². The molecule has 5 rings (SSSR count). The first-order valence-corrected chi connectivity index (χ1v) is 14.8. The van der Waals surface area contributed by atoms with Crippen molar-refractivity contribution in [1.82, 2.24) is 14.5 Å². The normalized spacial score (nSPS) is 21.3. The lowest BCUT2D eigenvalue weighted by molar-refractivity contribution is -0.134. The molecule has 1 aliphatic heterocycles. The molecule has 35 heavy (non-hydrogen) atoms. The fraction of sp³-hybridized carbons (Fsp3) is 0.630. The molecule has 2 aromatic rings. The second-order valence-corrected chi connectivity index (χ2v) is 12.5. The quantitative estimate of drug-likeness (QED) is 0.504. The van der Waals surface area contributed by atoms with Crippen molar-refractivity contribution in [3.05, 3.63) is 47.3 Å². The van der Waals surface area contributed by atoms with Gasteiger partial charge in [0.2, 0.25) is 20.9 Å². The number of carbonyl (C=O) groups excluding carboxylic acids is 1. The minimum absolute atomic E-state index is 0.0632. The average Bonchev–Trinajstić information content (AvgIpc) is 3.39. The van der Waals surface area contributed by atoms with Gasteiger partial charge in [0.25, 0.3) is 0 Å². The van der Waals surface area contributed by atoms with Gasteiger partial charge in [0.1, 0.15) is 0 Å². The summed E-state index contributed by atoms with van der Waals surface area (Å²) >= 11 is 0. The average molecular weight is 500 g/mol. The number of ether oxygens (including phenoxy) is 1. The van der Waals surface area contributed by atoms with E-state index in [0.29, 0.717) is 13.1 Å². The van der Waals surface area contributed by atoms with E-state index >= 15 is 0 Å². The Bertz CT molecular complexity index is 1140. The Hall–Kier alpha value is -2.19. The van der Waals surface area contributed by atoms with Gasteiger partial charge in [-0.2, -0.15) is 0 Å². The van der Waals surface area contributed by atoms with Crippen molar-refractivity contribution in [2.24, 2.45) is 5.92 Å². The van der Waals surface area contributed by atoms with Crippen LogP contribution in [0.3, 0.4) is 0 Å². The summed E-state index contributed by atoms with van der Waals surface area (Å²) in [4.78, 5) is 19.6. The molecule has 7 nitrogen and oxygen atoms in total. The van der Waals surface area contributed by atoms with Crippen LogP contribution in [0.2, 0.25) is 0 Å². The number of aryl methyl sites for hydroxylation is 1. The van der Waals surface area contributed by atoms with E-state index in [4.69, 9.17) is 4.74 Å². The van der Waals surface area contributed by atoms with Crippen LogP contribution in [0.4, 0.5) is 0 Å². The van der Waals surface area contributed by atoms with Gasteiger partial charge in [0, 0.05) is 25.1 Å². The van der Waals surface area contributed by atoms with Crippen molar-refractivity contribution < 1.29 is 17.9 Å². The van der Waals surface area contributed by atoms with E-state index in [1.54, 1.807) is 6.20 Å². The smallest absolute Gasteiger partial charge is 0.228 e. The zero-order chi connectivity index (χ0) is 24.4. The summed E-state index contributed by atoms with van der Waals surface area (Å²) in [5.41, 5.74) is 2.64. The van der Waals surface area contributed by atoms with E-state index in [0.717, 1.165) is 74.8 Å². The fourth-order valence-corrected chi connectivity index (χ4v) is 7.12. The molecule has 0 bridgehead atoms. The highest BCUT2D eigenvalue weighted by molar-refractivity contribution is 7.90. The number of carbonyl (C=O) groups is 1. The van der Waals surface area contributed by atoms with E-state index in [2.05, 4.69) is 4.98 Å². The van der Waals surface area contributed by atoms with Gasteiger partial charge in [-0.15, -0.1) is 0 Å². The fourth-order valence-electron chi connectivity index (χ4n) is 5.59. The molecule has 8 heteroatoms. The van der Waals surface area contributed by atoms with Gasteiger partial charge in [-0.3, -0.25) is 4.79 Å². The van der Waals surface area contributed by atoms with Crippen LogP contribution in [0, 0.1) is 12.8 Å². The monoisotopic (exact) mass is 499 g/mol. The van der Waals surface area contributed by atoms with Gasteiger partial charge >= 0.3 is 0 Å². The second-order valence-electron chi connectivity index (χ2n) is 10.6. The first-order chi connectivity index (χ1) is 16.9. The van der Waals surface area contributed by atoms with Crippen molar-refractivity contribution in [2.75, 3.05) is 13.2 Å². The molecular weight excluding hydrogens is 462 g/mol. The molecule has 3 fully saturated rings. The topological polar surface area (TPSA) is 81.5 Å². The predicted octanol–water partition coefficient (Wildman–Crippen LogP) is 4.59. The van der Waals surface area contributed by atoms with Crippen LogP contribution in [0.5, 0.6) is 0 Å². The lowest BCUT2D eigenvalue weighted by Crippen LogP contribution is -2.38. The van der Waals surface area contributed by atoms with Crippen LogP contribution < -0.4 is 0 Å². The maximum Gasteiger partial charge on any atom is 0.228 e. The number of benzene rings is 1. The number of rotatable bonds is 9. The standard InChI is InChI=1S/C27H37N3O4S/c1-20-7-5-8-21(15-20)19-35(32,33)27-28-16-24(30(27)23-9-3-2-4-10-23)17-29(26(31)22-12-13-22)18-25-11-6-14-34-25/h5,7-8,15-16,22-23,25H,2-4,6,9-14,17-19H2,1H3/t25-/m1/s1.